The Morgan fingerprint density at radius 1 is 1.45 bits per heavy atom. The smallest absolute Gasteiger partial charge is 0.310 e. The van der Waals surface area contributed by atoms with Crippen molar-refractivity contribution < 1.29 is 9.18 Å². The number of carbonyl (C=O) groups is 1. The molecule has 0 saturated heterocycles. The lowest BCUT2D eigenvalue weighted by Crippen LogP contribution is -2.41. The second-order valence-corrected chi connectivity index (χ2v) is 5.52. The maximum Gasteiger partial charge on any atom is 0.310 e. The summed E-state index contributed by atoms with van der Waals surface area (Å²) in [5.74, 6) is 0.484. The lowest BCUT2D eigenvalue weighted by atomic mass is 9.84. The molecule has 1 atom stereocenters. The van der Waals surface area contributed by atoms with E-state index in [0.29, 0.717) is 12.3 Å². The van der Waals surface area contributed by atoms with Gasteiger partial charge in [0.25, 0.3) is 0 Å². The highest BCUT2D eigenvalue weighted by molar-refractivity contribution is 5.84. The number of nitrogens with one attached hydrogen (secondary N) is 2. The number of nitrogens with zero attached hydrogens (tertiary/aromatic N) is 3. The third kappa shape index (κ3) is 4.95. The molecule has 0 aromatic carbocycles. The quantitative estimate of drug-likeness (QED) is 0.619. The van der Waals surface area contributed by atoms with Crippen molar-refractivity contribution in [1.29, 1.82) is 5.26 Å². The van der Waals surface area contributed by atoms with E-state index >= 15 is 0 Å². The van der Waals surface area contributed by atoms with Gasteiger partial charge < -0.3 is 10.6 Å². The number of carbonyl (C=O) groups excluding carboxylic acids is 1. The van der Waals surface area contributed by atoms with Crippen LogP contribution >= 0.6 is 0 Å². The Balaban J connectivity index is 2.03. The van der Waals surface area contributed by atoms with Crippen LogP contribution in [0.3, 0.4) is 0 Å². The summed E-state index contributed by atoms with van der Waals surface area (Å²) in [5, 5.41) is 14.1. The molecular weight excluding hydrogens is 285 g/mol. The number of hydrogen-bond donors (Lipinski definition) is 2. The highest BCUT2D eigenvalue weighted by Gasteiger charge is 2.24. The van der Waals surface area contributed by atoms with Crippen LogP contribution in [0.4, 0.5) is 10.2 Å². The van der Waals surface area contributed by atoms with Crippen molar-refractivity contribution in [2.24, 2.45) is 5.92 Å². The number of rotatable bonds is 6. The number of amides is 1. The van der Waals surface area contributed by atoms with Gasteiger partial charge in [-0.1, -0.05) is 32.1 Å². The summed E-state index contributed by atoms with van der Waals surface area (Å²) >= 11 is 0. The fraction of sp³-hybridized carbons (Fsp3) is 0.600. The van der Waals surface area contributed by atoms with Gasteiger partial charge in [-0.15, -0.1) is 0 Å². The summed E-state index contributed by atoms with van der Waals surface area (Å²) in [6.07, 6.45) is 6.92. The minimum absolute atomic E-state index is 0.0419. The molecule has 1 fully saturated rings. The van der Waals surface area contributed by atoms with Crippen LogP contribution in [0.25, 0.3) is 0 Å². The average molecular weight is 305 g/mol. The highest BCUT2D eigenvalue weighted by atomic mass is 19.1. The van der Waals surface area contributed by atoms with E-state index in [0.717, 1.165) is 12.8 Å². The molecule has 0 radical (unpaired) electrons. The molecule has 1 aliphatic rings. The normalized spacial score (nSPS) is 16.5. The van der Waals surface area contributed by atoms with Gasteiger partial charge in [-0.3, -0.25) is 4.79 Å². The van der Waals surface area contributed by atoms with Crippen molar-refractivity contribution in [3.05, 3.63) is 18.3 Å². The van der Waals surface area contributed by atoms with E-state index in [1.807, 2.05) is 6.07 Å². The Kier molecular flexibility index (Phi) is 6.07. The van der Waals surface area contributed by atoms with Gasteiger partial charge in [0, 0.05) is 6.20 Å². The first kappa shape index (κ1) is 16.1. The van der Waals surface area contributed by atoms with E-state index in [1.54, 1.807) is 0 Å². The van der Waals surface area contributed by atoms with Gasteiger partial charge >= 0.3 is 6.08 Å². The summed E-state index contributed by atoms with van der Waals surface area (Å²) in [6, 6.07) is 2.88. The van der Waals surface area contributed by atoms with Crippen molar-refractivity contribution in [3.63, 3.8) is 0 Å². The largest absolute Gasteiger partial charge is 0.358 e. The average Bonchev–Trinajstić information content (AvgIpc) is 2.53. The first-order chi connectivity index (χ1) is 10.7. The van der Waals surface area contributed by atoms with Crippen LogP contribution in [-0.4, -0.2) is 28.5 Å². The van der Waals surface area contributed by atoms with Crippen LogP contribution in [-0.2, 0) is 4.79 Å². The van der Waals surface area contributed by atoms with E-state index in [2.05, 4.69) is 20.6 Å². The molecule has 2 rings (SSSR count). The Labute approximate surface area is 129 Å². The third-order valence-electron chi connectivity index (χ3n) is 3.90. The molecule has 1 aliphatic carbocycles. The van der Waals surface area contributed by atoms with Crippen molar-refractivity contribution in [2.75, 3.05) is 11.9 Å². The molecule has 0 bridgehead atoms. The number of hydrogen-bond acceptors (Lipinski definition) is 5. The second-order valence-electron chi connectivity index (χ2n) is 5.52. The van der Waals surface area contributed by atoms with Crippen molar-refractivity contribution in [1.82, 2.24) is 15.3 Å². The Hall–Kier alpha value is -2.23. The van der Waals surface area contributed by atoms with Crippen molar-refractivity contribution in [2.45, 2.75) is 44.6 Å². The molecule has 0 spiro atoms. The van der Waals surface area contributed by atoms with Crippen LogP contribution in [0.5, 0.6) is 0 Å². The van der Waals surface area contributed by atoms with Crippen molar-refractivity contribution >= 4 is 11.7 Å². The summed E-state index contributed by atoms with van der Waals surface area (Å²) in [7, 11) is 0. The summed E-state index contributed by atoms with van der Waals surface area (Å²) < 4.78 is 13.1. The fourth-order valence-electron chi connectivity index (χ4n) is 2.83. The second kappa shape index (κ2) is 8.27. The zero-order chi connectivity index (χ0) is 15.8. The summed E-state index contributed by atoms with van der Waals surface area (Å²) in [4.78, 5) is 19.2. The molecule has 1 aromatic heterocycles. The molecule has 2 N–H and O–H groups in total. The SMILES string of the molecule is N#CCNC(=O)[C@H](CC1CCCCC1)Nc1ccnc(F)n1. The Morgan fingerprint density at radius 2 is 2.23 bits per heavy atom. The molecule has 7 heteroatoms. The minimum Gasteiger partial charge on any atom is -0.358 e. The van der Waals surface area contributed by atoms with E-state index in [1.165, 1.54) is 31.5 Å². The van der Waals surface area contributed by atoms with Crippen LogP contribution in [0.15, 0.2) is 12.3 Å². The third-order valence-corrected chi connectivity index (χ3v) is 3.90. The maximum absolute atomic E-state index is 13.1. The number of halogens is 1. The topological polar surface area (TPSA) is 90.7 Å². The van der Waals surface area contributed by atoms with Crippen LogP contribution in [0.2, 0.25) is 0 Å². The van der Waals surface area contributed by atoms with Crippen molar-refractivity contribution in [3.8, 4) is 6.07 Å². The molecule has 0 unspecified atom stereocenters. The molecule has 1 amide bonds. The van der Waals surface area contributed by atoms with Crippen LogP contribution in [0.1, 0.15) is 38.5 Å². The number of nitriles is 1. The lowest BCUT2D eigenvalue weighted by Gasteiger charge is -2.26. The molecule has 1 heterocycles. The van der Waals surface area contributed by atoms with Crippen LogP contribution in [0, 0.1) is 23.3 Å². The van der Waals surface area contributed by atoms with Gasteiger partial charge in [0.1, 0.15) is 18.4 Å². The van der Waals surface area contributed by atoms with E-state index < -0.39 is 12.1 Å². The first-order valence-corrected chi connectivity index (χ1v) is 7.59. The predicted octanol–water partition coefficient (Wildman–Crippen LogP) is 2.01. The summed E-state index contributed by atoms with van der Waals surface area (Å²) in [5.41, 5.74) is 0. The molecule has 0 aliphatic heterocycles. The molecule has 22 heavy (non-hydrogen) atoms. The Morgan fingerprint density at radius 3 is 2.91 bits per heavy atom. The zero-order valence-corrected chi connectivity index (χ0v) is 12.4. The van der Waals surface area contributed by atoms with Gasteiger partial charge in [0.2, 0.25) is 5.91 Å². The van der Waals surface area contributed by atoms with E-state index in [-0.39, 0.29) is 18.3 Å². The van der Waals surface area contributed by atoms with E-state index in [4.69, 9.17) is 5.26 Å². The van der Waals surface area contributed by atoms with Crippen LogP contribution < -0.4 is 10.6 Å². The highest BCUT2D eigenvalue weighted by Crippen LogP contribution is 2.28. The summed E-state index contributed by atoms with van der Waals surface area (Å²) in [6.45, 7) is -0.0419. The number of anilines is 1. The van der Waals surface area contributed by atoms with E-state index in [9.17, 15) is 9.18 Å². The Bertz CT molecular complexity index is 539. The number of aromatic nitrogens is 2. The van der Waals surface area contributed by atoms with Gasteiger partial charge in [-0.25, -0.2) is 4.98 Å². The molecule has 6 nitrogen and oxygen atoms in total. The lowest BCUT2D eigenvalue weighted by molar-refractivity contribution is -0.122. The first-order valence-electron chi connectivity index (χ1n) is 7.59. The standard InChI is InChI=1S/C15H20FN5O/c16-15-19-8-6-13(21-15)20-12(14(22)18-9-7-17)10-11-4-2-1-3-5-11/h6,8,11-12H,1-5,9-10H2,(H,18,22)(H,19,20,21)/t12-/m0/s1. The fourth-order valence-corrected chi connectivity index (χ4v) is 2.83. The predicted molar refractivity (Wildman–Crippen MR) is 79.2 cm³/mol. The molecule has 1 aromatic rings. The zero-order valence-electron chi connectivity index (χ0n) is 12.4. The molecular formula is C15H20FN5O. The minimum atomic E-state index is -0.834. The molecule has 1 saturated carbocycles. The molecule has 118 valence electrons. The van der Waals surface area contributed by atoms with Gasteiger partial charge in [0.05, 0.1) is 6.07 Å². The van der Waals surface area contributed by atoms with Gasteiger partial charge in [-0.05, 0) is 18.4 Å². The monoisotopic (exact) mass is 305 g/mol. The maximum atomic E-state index is 13.1. The van der Waals surface area contributed by atoms with Gasteiger partial charge in [0.15, 0.2) is 0 Å². The van der Waals surface area contributed by atoms with Gasteiger partial charge in [-0.2, -0.15) is 14.6 Å².